The summed E-state index contributed by atoms with van der Waals surface area (Å²) in [4.78, 5) is 17.4. The van der Waals surface area contributed by atoms with Gasteiger partial charge in [-0.1, -0.05) is 18.2 Å². The molecule has 4 rings (SSSR count). The Bertz CT molecular complexity index is 805. The monoisotopic (exact) mass is 356 g/mol. The summed E-state index contributed by atoms with van der Waals surface area (Å²) in [7, 11) is 2.19. The zero-order valence-corrected chi connectivity index (χ0v) is 16.0. The Labute approximate surface area is 154 Å². The number of para-hydroxylation sites is 1. The minimum Gasteiger partial charge on any atom is -0.451 e. The van der Waals surface area contributed by atoms with Crippen LogP contribution in [0.25, 0.3) is 11.0 Å². The van der Waals surface area contributed by atoms with E-state index in [0.717, 1.165) is 55.8 Å². The number of rotatable bonds is 4. The fraction of sp³-hybridized carbons (Fsp3) is 0.571. The van der Waals surface area contributed by atoms with Gasteiger partial charge < -0.3 is 14.1 Å². The molecule has 1 aromatic heterocycles. The zero-order chi connectivity index (χ0) is 18.3. The van der Waals surface area contributed by atoms with Crippen LogP contribution in [0.2, 0.25) is 0 Å². The van der Waals surface area contributed by atoms with E-state index in [1.807, 2.05) is 43.0 Å². The summed E-state index contributed by atoms with van der Waals surface area (Å²) >= 11 is 0. The van der Waals surface area contributed by atoms with Crippen LogP contribution in [0.5, 0.6) is 0 Å². The number of hydrogen-bond acceptors (Lipinski definition) is 4. The molecule has 3 heterocycles. The first-order valence-corrected chi connectivity index (χ1v) is 9.60. The quantitative estimate of drug-likeness (QED) is 0.843. The van der Waals surface area contributed by atoms with Gasteiger partial charge >= 0.3 is 0 Å². The van der Waals surface area contributed by atoms with Crippen LogP contribution in [0.15, 0.2) is 28.7 Å². The summed E-state index contributed by atoms with van der Waals surface area (Å²) in [5, 5.41) is 1.03. The third kappa shape index (κ3) is 2.83. The van der Waals surface area contributed by atoms with E-state index in [1.165, 1.54) is 6.42 Å². The van der Waals surface area contributed by atoms with Gasteiger partial charge in [0.05, 0.1) is 5.54 Å². The molecule has 1 aromatic carbocycles. The third-order valence-corrected chi connectivity index (χ3v) is 6.20. The molecule has 2 aliphatic heterocycles. The third-order valence-electron chi connectivity index (χ3n) is 6.20. The second kappa shape index (κ2) is 6.71. The minimum atomic E-state index is 0.0182. The molecule has 0 saturated carbocycles. The van der Waals surface area contributed by atoms with E-state index in [-0.39, 0.29) is 11.4 Å². The van der Waals surface area contributed by atoms with E-state index in [1.54, 1.807) is 0 Å². The van der Waals surface area contributed by atoms with Gasteiger partial charge in [0.2, 0.25) is 0 Å². The number of carbonyl (C=O) groups is 1. The van der Waals surface area contributed by atoms with Crippen molar-refractivity contribution in [2.75, 3.05) is 39.9 Å². The lowest BCUT2D eigenvalue weighted by Crippen LogP contribution is -2.72. The Morgan fingerprint density at radius 3 is 2.85 bits per heavy atom. The highest BCUT2D eigenvalue weighted by molar-refractivity contribution is 5.99. The predicted octanol–water partition coefficient (Wildman–Crippen LogP) is 3.31. The lowest BCUT2D eigenvalue weighted by atomic mass is 9.75. The number of piperidine rings is 1. The number of likely N-dealkylation sites (tertiary alicyclic amines) is 2. The topological polar surface area (TPSA) is 45.9 Å². The average Bonchev–Trinajstić information content (AvgIpc) is 2.96. The van der Waals surface area contributed by atoms with Crippen molar-refractivity contribution in [1.82, 2.24) is 9.80 Å². The van der Waals surface area contributed by atoms with Crippen LogP contribution < -0.4 is 0 Å². The second-order valence-corrected chi connectivity index (χ2v) is 7.88. The van der Waals surface area contributed by atoms with Crippen molar-refractivity contribution in [2.24, 2.45) is 5.92 Å². The maximum Gasteiger partial charge on any atom is 0.290 e. The summed E-state index contributed by atoms with van der Waals surface area (Å²) in [6.45, 7) is 8.26. The molecule has 1 atom stereocenters. The van der Waals surface area contributed by atoms with Crippen LogP contribution in [0.3, 0.4) is 0 Å². The number of benzene rings is 1. The van der Waals surface area contributed by atoms with Crippen molar-refractivity contribution in [1.29, 1.82) is 0 Å². The summed E-state index contributed by atoms with van der Waals surface area (Å²) in [6.07, 6.45) is 2.28. The van der Waals surface area contributed by atoms with Crippen molar-refractivity contribution < 1.29 is 13.9 Å². The summed E-state index contributed by atoms with van der Waals surface area (Å²) in [5.41, 5.74) is 1.84. The van der Waals surface area contributed by atoms with Gasteiger partial charge in [0.25, 0.3) is 5.91 Å². The number of aryl methyl sites for hydroxylation is 1. The van der Waals surface area contributed by atoms with E-state index in [9.17, 15) is 4.79 Å². The van der Waals surface area contributed by atoms with Crippen LogP contribution in [0.1, 0.15) is 35.9 Å². The number of fused-ring (bicyclic) bond motifs is 1. The number of hydrogen-bond donors (Lipinski definition) is 0. The average molecular weight is 356 g/mol. The molecule has 5 heteroatoms. The van der Waals surface area contributed by atoms with Crippen LogP contribution in [-0.2, 0) is 4.74 Å². The number of carbonyl (C=O) groups excluding carboxylic acids is 1. The number of nitrogens with zero attached hydrogens (tertiary/aromatic N) is 2. The van der Waals surface area contributed by atoms with Crippen molar-refractivity contribution in [3.05, 3.63) is 35.6 Å². The summed E-state index contributed by atoms with van der Waals surface area (Å²) in [5.74, 6) is 1.10. The second-order valence-electron chi connectivity index (χ2n) is 7.88. The SMILES string of the molecule is CCOCC1CCN(C)C2(C1)CN(C(=O)c1oc3ccccc3c1C)C2. The number of amides is 1. The van der Waals surface area contributed by atoms with Gasteiger partial charge in [0.15, 0.2) is 5.76 Å². The molecule has 1 amide bonds. The van der Waals surface area contributed by atoms with Crippen LogP contribution >= 0.6 is 0 Å². The van der Waals surface area contributed by atoms with Crippen LogP contribution in [0, 0.1) is 12.8 Å². The molecule has 0 radical (unpaired) electrons. The van der Waals surface area contributed by atoms with Gasteiger partial charge in [0, 0.05) is 37.3 Å². The highest BCUT2D eigenvalue weighted by Gasteiger charge is 2.51. The highest BCUT2D eigenvalue weighted by Crippen LogP contribution is 2.39. The van der Waals surface area contributed by atoms with E-state index < -0.39 is 0 Å². The normalized spacial score (nSPS) is 22.7. The first-order chi connectivity index (χ1) is 12.5. The molecule has 2 saturated heterocycles. The van der Waals surface area contributed by atoms with Gasteiger partial charge in [-0.15, -0.1) is 0 Å². The maximum atomic E-state index is 13.0. The Kier molecular flexibility index (Phi) is 4.53. The van der Waals surface area contributed by atoms with Crippen molar-refractivity contribution in [3.63, 3.8) is 0 Å². The molecule has 1 unspecified atom stereocenters. The molecule has 2 aliphatic rings. The lowest BCUT2D eigenvalue weighted by molar-refractivity contribution is -0.0758. The zero-order valence-electron chi connectivity index (χ0n) is 16.0. The Hall–Kier alpha value is -1.85. The molecule has 2 aromatic rings. The molecule has 0 N–H and O–H groups in total. The fourth-order valence-corrected chi connectivity index (χ4v) is 4.54. The predicted molar refractivity (Wildman–Crippen MR) is 101 cm³/mol. The molecular formula is C21H28N2O3. The fourth-order valence-electron chi connectivity index (χ4n) is 4.54. The largest absolute Gasteiger partial charge is 0.451 e. The molecule has 1 spiro atoms. The molecule has 26 heavy (non-hydrogen) atoms. The Morgan fingerprint density at radius 2 is 2.12 bits per heavy atom. The molecule has 5 nitrogen and oxygen atoms in total. The minimum absolute atomic E-state index is 0.0182. The van der Waals surface area contributed by atoms with Crippen molar-refractivity contribution >= 4 is 16.9 Å². The lowest BCUT2D eigenvalue weighted by Gasteiger charge is -2.58. The van der Waals surface area contributed by atoms with Gasteiger partial charge in [-0.05, 0) is 52.3 Å². The Balaban J connectivity index is 1.47. The maximum absolute atomic E-state index is 13.0. The Morgan fingerprint density at radius 1 is 1.35 bits per heavy atom. The van der Waals surface area contributed by atoms with E-state index >= 15 is 0 Å². The number of ether oxygens (including phenoxy) is 1. The number of furan rings is 1. The molecule has 140 valence electrons. The van der Waals surface area contributed by atoms with Gasteiger partial charge in [-0.2, -0.15) is 0 Å². The first kappa shape index (κ1) is 17.6. The van der Waals surface area contributed by atoms with E-state index in [2.05, 4.69) is 11.9 Å². The summed E-state index contributed by atoms with van der Waals surface area (Å²) < 4.78 is 11.5. The van der Waals surface area contributed by atoms with Crippen molar-refractivity contribution in [2.45, 2.75) is 32.2 Å². The molecule has 0 aliphatic carbocycles. The summed E-state index contributed by atoms with van der Waals surface area (Å²) in [6, 6.07) is 7.85. The molecular weight excluding hydrogens is 328 g/mol. The smallest absolute Gasteiger partial charge is 0.290 e. The highest BCUT2D eigenvalue weighted by atomic mass is 16.5. The molecule has 2 fully saturated rings. The molecule has 0 bridgehead atoms. The van der Waals surface area contributed by atoms with Crippen LogP contribution in [0.4, 0.5) is 0 Å². The van der Waals surface area contributed by atoms with Gasteiger partial charge in [-0.25, -0.2) is 0 Å². The van der Waals surface area contributed by atoms with E-state index in [0.29, 0.717) is 11.7 Å². The van der Waals surface area contributed by atoms with Gasteiger partial charge in [0.1, 0.15) is 5.58 Å². The van der Waals surface area contributed by atoms with Crippen molar-refractivity contribution in [3.8, 4) is 0 Å². The van der Waals surface area contributed by atoms with Gasteiger partial charge in [-0.3, -0.25) is 9.69 Å². The standard InChI is InChI=1S/C21H28N2O3/c1-4-25-12-16-9-10-22(3)21(11-16)13-23(14-21)20(24)19-15(2)17-7-5-6-8-18(17)26-19/h5-8,16H,4,9-14H2,1-3H3. The van der Waals surface area contributed by atoms with E-state index in [4.69, 9.17) is 9.15 Å². The number of likely N-dealkylation sites (N-methyl/N-ethyl adjacent to an activating group) is 1. The first-order valence-electron chi connectivity index (χ1n) is 9.60. The van der Waals surface area contributed by atoms with Crippen LogP contribution in [-0.4, -0.2) is 61.1 Å².